The lowest BCUT2D eigenvalue weighted by molar-refractivity contribution is 0.104. The number of carbonyl (C=O) groups excluding carboxylic acids is 1. The molecule has 2 aromatic heterocycles. The van der Waals surface area contributed by atoms with Crippen molar-refractivity contribution in [1.82, 2.24) is 0 Å². The molecule has 2 rings (SSSR count). The van der Waals surface area contributed by atoms with Gasteiger partial charge in [0.25, 0.3) is 0 Å². The predicted octanol–water partition coefficient (Wildman–Crippen LogP) is 3.60. The summed E-state index contributed by atoms with van der Waals surface area (Å²) in [4.78, 5) is 13.7. The van der Waals surface area contributed by atoms with Crippen molar-refractivity contribution in [2.45, 2.75) is 13.3 Å². The monoisotopic (exact) mass is 222 g/mol. The fourth-order valence-electron chi connectivity index (χ4n) is 1.33. The maximum atomic E-state index is 12.0. The summed E-state index contributed by atoms with van der Waals surface area (Å²) in [6, 6.07) is 5.83. The van der Waals surface area contributed by atoms with Crippen LogP contribution >= 0.6 is 22.7 Å². The van der Waals surface area contributed by atoms with Crippen LogP contribution in [0.5, 0.6) is 0 Å². The zero-order chi connectivity index (χ0) is 9.97. The van der Waals surface area contributed by atoms with Crippen LogP contribution < -0.4 is 0 Å². The Morgan fingerprint density at radius 2 is 2.14 bits per heavy atom. The molecule has 0 bridgehead atoms. The van der Waals surface area contributed by atoms with Crippen LogP contribution in [0.2, 0.25) is 0 Å². The van der Waals surface area contributed by atoms with Gasteiger partial charge in [0.15, 0.2) is 0 Å². The minimum Gasteiger partial charge on any atom is -0.287 e. The molecule has 0 unspecified atom stereocenters. The van der Waals surface area contributed by atoms with E-state index in [0.717, 1.165) is 21.7 Å². The Morgan fingerprint density at radius 1 is 1.29 bits per heavy atom. The van der Waals surface area contributed by atoms with Gasteiger partial charge in [-0.2, -0.15) is 0 Å². The van der Waals surface area contributed by atoms with Crippen molar-refractivity contribution < 1.29 is 4.79 Å². The molecule has 3 heteroatoms. The van der Waals surface area contributed by atoms with Crippen LogP contribution in [-0.4, -0.2) is 5.78 Å². The summed E-state index contributed by atoms with van der Waals surface area (Å²) in [7, 11) is 0. The second kappa shape index (κ2) is 4.07. The van der Waals surface area contributed by atoms with Crippen molar-refractivity contribution in [1.29, 1.82) is 0 Å². The molecule has 2 aromatic rings. The largest absolute Gasteiger partial charge is 0.287 e. The van der Waals surface area contributed by atoms with E-state index in [2.05, 4.69) is 6.92 Å². The zero-order valence-corrected chi connectivity index (χ0v) is 9.45. The lowest BCUT2D eigenvalue weighted by Crippen LogP contribution is -1.98. The first-order valence-corrected chi connectivity index (χ1v) is 6.23. The third-order valence-electron chi connectivity index (χ3n) is 2.08. The molecule has 0 spiro atoms. The fraction of sp³-hybridized carbons (Fsp3) is 0.182. The van der Waals surface area contributed by atoms with E-state index in [1.165, 1.54) is 22.7 Å². The van der Waals surface area contributed by atoms with Crippen LogP contribution in [0.3, 0.4) is 0 Å². The molecule has 14 heavy (non-hydrogen) atoms. The lowest BCUT2D eigenvalue weighted by Gasteiger charge is -1.97. The molecule has 2 heterocycles. The van der Waals surface area contributed by atoms with E-state index in [0.29, 0.717) is 0 Å². The molecular formula is C11H10OS2. The van der Waals surface area contributed by atoms with E-state index in [1.807, 2.05) is 29.0 Å². The predicted molar refractivity (Wildman–Crippen MR) is 61.4 cm³/mol. The average molecular weight is 222 g/mol. The number of carbonyl (C=O) groups is 1. The van der Waals surface area contributed by atoms with Crippen molar-refractivity contribution in [2.24, 2.45) is 0 Å². The second-order valence-electron chi connectivity index (χ2n) is 2.93. The summed E-state index contributed by atoms with van der Waals surface area (Å²) in [5.41, 5.74) is 1.16. The van der Waals surface area contributed by atoms with E-state index >= 15 is 0 Å². The van der Waals surface area contributed by atoms with Gasteiger partial charge in [0.2, 0.25) is 5.78 Å². The van der Waals surface area contributed by atoms with Crippen LogP contribution in [-0.2, 0) is 6.42 Å². The first-order chi connectivity index (χ1) is 6.83. The van der Waals surface area contributed by atoms with Crippen LogP contribution in [0.4, 0.5) is 0 Å². The van der Waals surface area contributed by atoms with Gasteiger partial charge < -0.3 is 0 Å². The molecule has 0 radical (unpaired) electrons. The third kappa shape index (κ3) is 1.65. The van der Waals surface area contributed by atoms with Gasteiger partial charge in [0.05, 0.1) is 9.75 Å². The fourth-order valence-corrected chi connectivity index (χ4v) is 3.02. The van der Waals surface area contributed by atoms with Crippen molar-refractivity contribution in [3.05, 3.63) is 44.3 Å². The minimum absolute atomic E-state index is 0.173. The Kier molecular flexibility index (Phi) is 2.79. The Bertz CT molecular complexity index is 426. The molecule has 0 aliphatic rings. The van der Waals surface area contributed by atoms with E-state index in [9.17, 15) is 4.79 Å². The standard InChI is InChI=1S/C11H10OS2/c1-2-8-5-7-14-11(8)10(12)9-4-3-6-13-9/h3-7H,2H2,1H3. The lowest BCUT2D eigenvalue weighted by atomic mass is 10.1. The van der Waals surface area contributed by atoms with Crippen molar-refractivity contribution in [3.63, 3.8) is 0 Å². The summed E-state index contributed by atoms with van der Waals surface area (Å²) < 4.78 is 0. The minimum atomic E-state index is 0.173. The highest BCUT2D eigenvalue weighted by Crippen LogP contribution is 2.23. The molecule has 0 atom stereocenters. The van der Waals surface area contributed by atoms with E-state index in [1.54, 1.807) is 0 Å². The number of hydrogen-bond donors (Lipinski definition) is 0. The van der Waals surface area contributed by atoms with Gasteiger partial charge in [0, 0.05) is 0 Å². The average Bonchev–Trinajstić information content (AvgIpc) is 2.87. The Hall–Kier alpha value is -0.930. The number of aryl methyl sites for hydroxylation is 1. The molecule has 0 amide bonds. The summed E-state index contributed by atoms with van der Waals surface area (Å²) in [6.07, 6.45) is 0.927. The first-order valence-electron chi connectivity index (χ1n) is 4.47. The quantitative estimate of drug-likeness (QED) is 0.725. The molecule has 0 aliphatic heterocycles. The zero-order valence-electron chi connectivity index (χ0n) is 7.82. The number of thiophene rings is 2. The Balaban J connectivity index is 2.36. The topological polar surface area (TPSA) is 17.1 Å². The highest BCUT2D eigenvalue weighted by Gasteiger charge is 2.14. The van der Waals surface area contributed by atoms with Gasteiger partial charge in [-0.3, -0.25) is 4.79 Å². The van der Waals surface area contributed by atoms with Crippen LogP contribution in [0, 0.1) is 0 Å². The van der Waals surface area contributed by atoms with E-state index in [4.69, 9.17) is 0 Å². The molecule has 72 valence electrons. The molecular weight excluding hydrogens is 212 g/mol. The number of hydrogen-bond acceptors (Lipinski definition) is 3. The molecule has 0 saturated heterocycles. The van der Waals surface area contributed by atoms with Gasteiger partial charge in [0.1, 0.15) is 0 Å². The van der Waals surface area contributed by atoms with Gasteiger partial charge >= 0.3 is 0 Å². The van der Waals surface area contributed by atoms with Crippen LogP contribution in [0.25, 0.3) is 0 Å². The summed E-state index contributed by atoms with van der Waals surface area (Å²) in [5, 5.41) is 3.92. The molecule has 0 N–H and O–H groups in total. The van der Waals surface area contributed by atoms with Crippen molar-refractivity contribution >= 4 is 28.5 Å². The maximum absolute atomic E-state index is 12.0. The second-order valence-corrected chi connectivity index (χ2v) is 4.80. The smallest absolute Gasteiger partial charge is 0.213 e. The molecule has 0 aliphatic carbocycles. The Labute approximate surface area is 91.0 Å². The SMILES string of the molecule is CCc1ccsc1C(=O)c1cccs1. The normalized spacial score (nSPS) is 10.4. The van der Waals surface area contributed by atoms with Crippen LogP contribution in [0.15, 0.2) is 29.0 Å². The highest BCUT2D eigenvalue weighted by atomic mass is 32.1. The maximum Gasteiger partial charge on any atom is 0.213 e. The number of rotatable bonds is 3. The van der Waals surface area contributed by atoms with E-state index < -0.39 is 0 Å². The van der Waals surface area contributed by atoms with Crippen molar-refractivity contribution in [3.8, 4) is 0 Å². The van der Waals surface area contributed by atoms with Gasteiger partial charge in [-0.15, -0.1) is 22.7 Å². The van der Waals surface area contributed by atoms with E-state index in [-0.39, 0.29) is 5.78 Å². The van der Waals surface area contributed by atoms with Crippen LogP contribution in [0.1, 0.15) is 27.0 Å². The molecule has 0 saturated carbocycles. The van der Waals surface area contributed by atoms with Gasteiger partial charge in [-0.1, -0.05) is 13.0 Å². The Morgan fingerprint density at radius 3 is 2.79 bits per heavy atom. The van der Waals surface area contributed by atoms with Crippen molar-refractivity contribution in [2.75, 3.05) is 0 Å². The molecule has 0 fully saturated rings. The summed E-state index contributed by atoms with van der Waals surface area (Å²) in [5.74, 6) is 0.173. The van der Waals surface area contributed by atoms with Gasteiger partial charge in [-0.25, -0.2) is 0 Å². The molecule has 1 nitrogen and oxygen atoms in total. The first kappa shape index (κ1) is 9.62. The number of ketones is 1. The van der Waals surface area contributed by atoms with Gasteiger partial charge in [-0.05, 0) is 34.9 Å². The third-order valence-corrected chi connectivity index (χ3v) is 3.90. The summed E-state index contributed by atoms with van der Waals surface area (Å²) in [6.45, 7) is 2.08. The molecule has 0 aromatic carbocycles. The summed E-state index contributed by atoms with van der Waals surface area (Å²) >= 11 is 3.04. The highest BCUT2D eigenvalue weighted by molar-refractivity contribution is 7.15.